The van der Waals surface area contributed by atoms with Crippen molar-refractivity contribution in [3.63, 3.8) is 0 Å². The van der Waals surface area contributed by atoms with Gasteiger partial charge in [0.2, 0.25) is 5.91 Å². The lowest BCUT2D eigenvalue weighted by atomic mass is 10.0. The van der Waals surface area contributed by atoms with Crippen LogP contribution < -0.4 is 10.6 Å². The molecule has 1 atom stereocenters. The van der Waals surface area contributed by atoms with E-state index in [1.807, 2.05) is 13.8 Å². The maximum atomic E-state index is 11.7. The molecule has 84 valence electrons. The van der Waals surface area contributed by atoms with Gasteiger partial charge in [0.05, 0.1) is 5.54 Å². The van der Waals surface area contributed by atoms with Crippen molar-refractivity contribution in [1.82, 2.24) is 10.6 Å². The standard InChI is InChI=1S/C11H24N2O/c1-6-7-8-9(2)13-10(14)11(3,4)12-5/h9,12H,6-8H2,1-5H3,(H,13,14). The van der Waals surface area contributed by atoms with Crippen LogP contribution >= 0.6 is 0 Å². The predicted octanol–water partition coefficient (Wildman–Crippen LogP) is 1.68. The smallest absolute Gasteiger partial charge is 0.239 e. The molecule has 0 fully saturated rings. The minimum atomic E-state index is -0.472. The van der Waals surface area contributed by atoms with Crippen molar-refractivity contribution in [3.8, 4) is 0 Å². The second-order valence-corrected chi connectivity index (χ2v) is 4.39. The van der Waals surface area contributed by atoms with Gasteiger partial charge in [-0.15, -0.1) is 0 Å². The Morgan fingerprint density at radius 2 is 2.00 bits per heavy atom. The van der Waals surface area contributed by atoms with Gasteiger partial charge in [-0.25, -0.2) is 0 Å². The molecule has 0 saturated heterocycles. The Morgan fingerprint density at radius 3 is 2.43 bits per heavy atom. The highest BCUT2D eigenvalue weighted by molar-refractivity contribution is 5.85. The van der Waals surface area contributed by atoms with Crippen LogP contribution in [0.2, 0.25) is 0 Å². The first-order chi connectivity index (χ1) is 6.44. The molecule has 0 aliphatic carbocycles. The van der Waals surface area contributed by atoms with Crippen LogP contribution in [0.1, 0.15) is 47.0 Å². The van der Waals surface area contributed by atoms with E-state index >= 15 is 0 Å². The lowest BCUT2D eigenvalue weighted by molar-refractivity contribution is -0.126. The molecule has 0 bridgehead atoms. The van der Waals surface area contributed by atoms with E-state index in [-0.39, 0.29) is 11.9 Å². The quantitative estimate of drug-likeness (QED) is 0.685. The zero-order valence-corrected chi connectivity index (χ0v) is 10.1. The van der Waals surface area contributed by atoms with E-state index in [1.165, 1.54) is 12.8 Å². The van der Waals surface area contributed by atoms with Crippen LogP contribution in [0, 0.1) is 0 Å². The van der Waals surface area contributed by atoms with Crippen LogP contribution in [0.5, 0.6) is 0 Å². The summed E-state index contributed by atoms with van der Waals surface area (Å²) in [7, 11) is 1.80. The summed E-state index contributed by atoms with van der Waals surface area (Å²) in [5.74, 6) is 0.0728. The molecule has 14 heavy (non-hydrogen) atoms. The number of hydrogen-bond acceptors (Lipinski definition) is 2. The SMILES string of the molecule is CCCCC(C)NC(=O)C(C)(C)NC. The van der Waals surface area contributed by atoms with Crippen molar-refractivity contribution in [1.29, 1.82) is 0 Å². The van der Waals surface area contributed by atoms with E-state index in [9.17, 15) is 4.79 Å². The molecule has 0 rings (SSSR count). The van der Waals surface area contributed by atoms with E-state index < -0.39 is 5.54 Å². The zero-order valence-electron chi connectivity index (χ0n) is 10.1. The Morgan fingerprint density at radius 1 is 1.43 bits per heavy atom. The van der Waals surface area contributed by atoms with Crippen LogP contribution in [0.4, 0.5) is 0 Å². The van der Waals surface area contributed by atoms with Gasteiger partial charge >= 0.3 is 0 Å². The third-order valence-corrected chi connectivity index (χ3v) is 2.56. The summed E-state index contributed by atoms with van der Waals surface area (Å²) in [5.41, 5.74) is -0.472. The van der Waals surface area contributed by atoms with Crippen molar-refractivity contribution >= 4 is 5.91 Å². The Hall–Kier alpha value is -0.570. The summed E-state index contributed by atoms with van der Waals surface area (Å²) in [5, 5.41) is 5.99. The van der Waals surface area contributed by atoms with Crippen LogP contribution in [-0.2, 0) is 4.79 Å². The third kappa shape index (κ3) is 4.61. The van der Waals surface area contributed by atoms with Crippen molar-refractivity contribution in [2.45, 2.75) is 58.5 Å². The molecule has 1 amide bonds. The number of rotatable bonds is 6. The van der Waals surface area contributed by atoms with Crippen molar-refractivity contribution in [2.24, 2.45) is 0 Å². The van der Waals surface area contributed by atoms with Crippen LogP contribution in [0.25, 0.3) is 0 Å². The second kappa shape index (κ2) is 6.02. The summed E-state index contributed by atoms with van der Waals surface area (Å²) in [4.78, 5) is 11.7. The Balaban J connectivity index is 3.93. The fourth-order valence-electron chi connectivity index (χ4n) is 1.10. The first-order valence-electron chi connectivity index (χ1n) is 5.44. The van der Waals surface area contributed by atoms with Crippen molar-refractivity contribution in [2.75, 3.05) is 7.05 Å². The first kappa shape index (κ1) is 13.4. The van der Waals surface area contributed by atoms with E-state index in [4.69, 9.17) is 0 Å². The largest absolute Gasteiger partial charge is 0.352 e. The van der Waals surface area contributed by atoms with Crippen molar-refractivity contribution < 1.29 is 4.79 Å². The molecule has 0 aliphatic heterocycles. The normalized spacial score (nSPS) is 13.8. The third-order valence-electron chi connectivity index (χ3n) is 2.56. The Labute approximate surface area is 87.6 Å². The summed E-state index contributed by atoms with van der Waals surface area (Å²) in [6, 6.07) is 0.273. The molecule has 0 aromatic rings. The predicted molar refractivity (Wildman–Crippen MR) is 60.3 cm³/mol. The van der Waals surface area contributed by atoms with Gasteiger partial charge in [0.15, 0.2) is 0 Å². The van der Waals surface area contributed by atoms with E-state index in [0.29, 0.717) is 0 Å². The van der Waals surface area contributed by atoms with Gasteiger partial charge in [-0.05, 0) is 34.2 Å². The highest BCUT2D eigenvalue weighted by Crippen LogP contribution is 2.04. The van der Waals surface area contributed by atoms with E-state index in [1.54, 1.807) is 7.05 Å². The van der Waals surface area contributed by atoms with Gasteiger partial charge in [-0.1, -0.05) is 19.8 Å². The van der Waals surface area contributed by atoms with Crippen LogP contribution in [0.15, 0.2) is 0 Å². The summed E-state index contributed by atoms with van der Waals surface area (Å²) < 4.78 is 0. The monoisotopic (exact) mass is 200 g/mol. The number of unbranched alkanes of at least 4 members (excludes halogenated alkanes) is 1. The molecule has 0 aliphatic rings. The van der Waals surface area contributed by atoms with E-state index in [0.717, 1.165) is 6.42 Å². The number of hydrogen-bond donors (Lipinski definition) is 2. The average molecular weight is 200 g/mol. The molecule has 0 radical (unpaired) electrons. The van der Waals surface area contributed by atoms with Crippen LogP contribution in [-0.4, -0.2) is 24.5 Å². The van der Waals surface area contributed by atoms with Gasteiger partial charge in [0.1, 0.15) is 0 Å². The Kier molecular flexibility index (Phi) is 5.77. The maximum Gasteiger partial charge on any atom is 0.239 e. The minimum Gasteiger partial charge on any atom is -0.352 e. The lowest BCUT2D eigenvalue weighted by Crippen LogP contribution is -2.53. The molecule has 0 heterocycles. The number of carbonyl (C=O) groups is 1. The Bertz CT molecular complexity index is 178. The van der Waals surface area contributed by atoms with Gasteiger partial charge in [-0.3, -0.25) is 4.79 Å². The molecule has 0 saturated carbocycles. The summed E-state index contributed by atoms with van der Waals surface area (Å²) >= 11 is 0. The molecule has 2 N–H and O–H groups in total. The molecule has 0 aromatic heterocycles. The molecular weight excluding hydrogens is 176 g/mol. The lowest BCUT2D eigenvalue weighted by Gasteiger charge is -2.25. The summed E-state index contributed by atoms with van der Waals surface area (Å²) in [6.45, 7) is 7.98. The molecule has 1 unspecified atom stereocenters. The number of amides is 1. The molecule has 3 heteroatoms. The van der Waals surface area contributed by atoms with Gasteiger partial charge in [0.25, 0.3) is 0 Å². The average Bonchev–Trinajstić information content (AvgIpc) is 2.14. The topological polar surface area (TPSA) is 41.1 Å². The highest BCUT2D eigenvalue weighted by Gasteiger charge is 2.25. The molecule has 3 nitrogen and oxygen atoms in total. The van der Waals surface area contributed by atoms with Crippen molar-refractivity contribution in [3.05, 3.63) is 0 Å². The number of likely N-dealkylation sites (N-methyl/N-ethyl adjacent to an activating group) is 1. The van der Waals surface area contributed by atoms with Gasteiger partial charge in [0, 0.05) is 6.04 Å². The van der Waals surface area contributed by atoms with Crippen LogP contribution in [0.3, 0.4) is 0 Å². The second-order valence-electron chi connectivity index (χ2n) is 4.39. The fourth-order valence-corrected chi connectivity index (χ4v) is 1.10. The molecular formula is C11H24N2O. The molecule has 0 spiro atoms. The minimum absolute atomic E-state index is 0.0728. The van der Waals surface area contributed by atoms with E-state index in [2.05, 4.69) is 24.5 Å². The molecule has 0 aromatic carbocycles. The van der Waals surface area contributed by atoms with Gasteiger partial charge in [-0.2, -0.15) is 0 Å². The zero-order chi connectivity index (χ0) is 11.2. The number of carbonyl (C=O) groups excluding carboxylic acids is 1. The highest BCUT2D eigenvalue weighted by atomic mass is 16.2. The van der Waals surface area contributed by atoms with Gasteiger partial charge < -0.3 is 10.6 Å². The summed E-state index contributed by atoms with van der Waals surface area (Å²) in [6.07, 6.45) is 3.40. The fraction of sp³-hybridized carbons (Fsp3) is 0.909. The number of nitrogens with one attached hydrogen (secondary N) is 2. The first-order valence-corrected chi connectivity index (χ1v) is 5.44. The maximum absolute atomic E-state index is 11.7.